The van der Waals surface area contributed by atoms with E-state index in [1.807, 2.05) is 0 Å². The van der Waals surface area contributed by atoms with Gasteiger partial charge in [-0.25, -0.2) is 9.97 Å². The van der Waals surface area contributed by atoms with Crippen molar-refractivity contribution < 1.29 is 0 Å². The molecule has 2 aliphatic rings. The molecule has 8 aromatic rings. The Labute approximate surface area is 320 Å². The molecule has 1 N–H and O–H groups in total. The van der Waals surface area contributed by atoms with Gasteiger partial charge in [-0.1, -0.05) is 140 Å². The number of allylic oxidation sites excluding steroid dienone is 1. The lowest BCUT2D eigenvalue weighted by molar-refractivity contribution is 1.17. The summed E-state index contributed by atoms with van der Waals surface area (Å²) in [5, 5.41) is 0. The molecule has 0 radical (unpaired) electrons. The van der Waals surface area contributed by atoms with E-state index >= 15 is 0 Å². The van der Waals surface area contributed by atoms with Crippen LogP contribution in [-0.4, -0.2) is 19.5 Å². The maximum Gasteiger partial charge on any atom is 0.0766 e. The fourth-order valence-corrected chi connectivity index (χ4v) is 8.04. The fraction of sp³-hybridized carbons (Fsp3) is 0.0196. The third-order valence-electron chi connectivity index (χ3n) is 10.5. The molecule has 4 nitrogen and oxygen atoms in total. The van der Waals surface area contributed by atoms with Crippen molar-refractivity contribution in [3.05, 3.63) is 199 Å². The Balaban J connectivity index is 1.48. The Bertz CT molecular complexity index is 2940. The molecule has 5 heterocycles. The first-order valence-electron chi connectivity index (χ1n) is 18.7. The molecular formula is C51H36N4. The predicted molar refractivity (Wildman–Crippen MR) is 230 cm³/mol. The normalized spacial score (nSPS) is 12.1. The van der Waals surface area contributed by atoms with E-state index in [0.29, 0.717) is 0 Å². The van der Waals surface area contributed by atoms with Gasteiger partial charge < -0.3 is 9.55 Å². The Morgan fingerprint density at radius 1 is 0.400 bits per heavy atom. The standard InChI is InChI=1S/C51H36N4/c1-34-33-44-49(37-21-11-4-12-22-37)46-32-31-45(55(46)39-25-15-6-16-26-39)48(36-19-9-3-10-20-36)42-29-27-40(52-42)47(35-17-7-2-8-18-35)41-28-30-43(53-41)50(51(34)54-44)38-23-13-5-14-24-38/h2-33,53H,1H3. The summed E-state index contributed by atoms with van der Waals surface area (Å²) in [5.74, 6) is 0. The predicted octanol–water partition coefficient (Wildman–Crippen LogP) is 13.2. The molecule has 0 atom stereocenters. The van der Waals surface area contributed by atoms with Crippen LogP contribution in [0.15, 0.2) is 176 Å². The molecule has 0 saturated carbocycles. The lowest BCUT2D eigenvalue weighted by atomic mass is 10.0. The van der Waals surface area contributed by atoms with Crippen molar-refractivity contribution in [2.45, 2.75) is 6.92 Å². The Morgan fingerprint density at radius 2 is 0.818 bits per heavy atom. The minimum Gasteiger partial charge on any atom is -0.354 e. The lowest BCUT2D eigenvalue weighted by Gasteiger charge is -2.14. The number of H-pyrrole nitrogens is 1. The number of fused-ring (bicyclic) bond motifs is 8. The molecule has 0 aliphatic carbocycles. The van der Waals surface area contributed by atoms with Crippen molar-refractivity contribution in [1.82, 2.24) is 19.5 Å². The molecule has 0 spiro atoms. The van der Waals surface area contributed by atoms with Crippen LogP contribution in [0.1, 0.15) is 29.7 Å². The monoisotopic (exact) mass is 704 g/mol. The number of benzene rings is 5. The van der Waals surface area contributed by atoms with Gasteiger partial charge in [0.15, 0.2) is 0 Å². The first-order chi connectivity index (χ1) is 27.2. The van der Waals surface area contributed by atoms with Gasteiger partial charge in [0.05, 0.1) is 33.8 Å². The average molecular weight is 705 g/mol. The zero-order valence-corrected chi connectivity index (χ0v) is 30.3. The summed E-state index contributed by atoms with van der Waals surface area (Å²) in [6.07, 6.45) is 6.58. The Morgan fingerprint density at radius 3 is 1.35 bits per heavy atom. The largest absolute Gasteiger partial charge is 0.354 e. The summed E-state index contributed by atoms with van der Waals surface area (Å²) in [4.78, 5) is 15.0. The van der Waals surface area contributed by atoms with Gasteiger partial charge in [-0.2, -0.15) is 0 Å². The molecule has 0 saturated heterocycles. The molecule has 8 bridgehead atoms. The van der Waals surface area contributed by atoms with Crippen molar-refractivity contribution in [1.29, 1.82) is 0 Å². The second-order valence-corrected chi connectivity index (χ2v) is 13.9. The number of nitrogens with zero attached hydrogens (tertiary/aromatic N) is 3. The van der Waals surface area contributed by atoms with Gasteiger partial charge in [0.25, 0.3) is 0 Å². The minimum absolute atomic E-state index is 0.899. The maximum atomic E-state index is 5.59. The number of rotatable bonds is 5. The third-order valence-corrected chi connectivity index (χ3v) is 10.5. The highest BCUT2D eigenvalue weighted by atomic mass is 15.0. The topological polar surface area (TPSA) is 46.5 Å². The summed E-state index contributed by atoms with van der Waals surface area (Å²) in [6, 6.07) is 62.0. The molecule has 0 unspecified atom stereocenters. The van der Waals surface area contributed by atoms with Crippen LogP contribution in [-0.2, 0) is 0 Å². The van der Waals surface area contributed by atoms with Gasteiger partial charge >= 0.3 is 0 Å². The van der Waals surface area contributed by atoms with Crippen molar-refractivity contribution in [3.63, 3.8) is 0 Å². The van der Waals surface area contributed by atoms with Crippen LogP contribution in [0.5, 0.6) is 0 Å². The number of aromatic nitrogens is 4. The van der Waals surface area contributed by atoms with Gasteiger partial charge in [0.1, 0.15) is 0 Å². The number of para-hydroxylation sites is 1. The van der Waals surface area contributed by atoms with Crippen LogP contribution in [0.25, 0.3) is 96.1 Å². The zero-order valence-electron chi connectivity index (χ0n) is 30.3. The smallest absolute Gasteiger partial charge is 0.0766 e. The van der Waals surface area contributed by atoms with Gasteiger partial charge in [0.2, 0.25) is 0 Å². The Kier molecular flexibility index (Phi) is 8.00. The van der Waals surface area contributed by atoms with Crippen molar-refractivity contribution in [2.75, 3.05) is 0 Å². The molecule has 2 aliphatic heterocycles. The van der Waals surface area contributed by atoms with Crippen molar-refractivity contribution in [2.24, 2.45) is 0 Å². The van der Waals surface area contributed by atoms with Crippen LogP contribution < -0.4 is 0 Å². The minimum atomic E-state index is 0.899. The number of aromatic amines is 1. The Hall–Kier alpha value is -7.30. The van der Waals surface area contributed by atoms with Crippen LogP contribution in [0.2, 0.25) is 0 Å². The van der Waals surface area contributed by atoms with Crippen LogP contribution >= 0.6 is 0 Å². The first kappa shape index (κ1) is 32.4. The van der Waals surface area contributed by atoms with Gasteiger partial charge in [-0.05, 0) is 89.4 Å². The van der Waals surface area contributed by atoms with Crippen LogP contribution in [0, 0.1) is 0 Å². The SMILES string of the molecule is CC1=Cc2nc1c(-c1ccccc1)c1ccc([nH]1)c(-c1ccccc1)c1nc(c(-c3ccccc3)c3ccc(c2-c2ccccc2)n3-c2ccccc2)C=C1. The van der Waals surface area contributed by atoms with E-state index in [2.05, 4.69) is 211 Å². The van der Waals surface area contributed by atoms with E-state index in [9.17, 15) is 0 Å². The molecule has 4 heteroatoms. The van der Waals surface area contributed by atoms with E-state index in [0.717, 1.165) is 101 Å². The van der Waals surface area contributed by atoms with Gasteiger partial charge in [-0.3, -0.25) is 0 Å². The van der Waals surface area contributed by atoms with Gasteiger partial charge in [0, 0.05) is 39.0 Å². The van der Waals surface area contributed by atoms with Crippen LogP contribution in [0.3, 0.4) is 0 Å². The second kappa shape index (κ2) is 13.6. The summed E-state index contributed by atoms with van der Waals surface area (Å²) in [6.45, 7) is 2.18. The molecule has 55 heavy (non-hydrogen) atoms. The fourth-order valence-electron chi connectivity index (χ4n) is 8.04. The molecule has 0 fully saturated rings. The van der Waals surface area contributed by atoms with E-state index in [1.165, 1.54) is 0 Å². The number of nitrogens with one attached hydrogen (secondary N) is 1. The number of hydrogen-bond acceptors (Lipinski definition) is 2. The third kappa shape index (κ3) is 5.72. The summed E-state index contributed by atoms with van der Waals surface area (Å²) < 4.78 is 2.38. The van der Waals surface area contributed by atoms with Gasteiger partial charge in [-0.15, -0.1) is 0 Å². The molecule has 5 aromatic carbocycles. The highest BCUT2D eigenvalue weighted by molar-refractivity contribution is 6.02. The molecule has 260 valence electrons. The van der Waals surface area contributed by atoms with Crippen molar-refractivity contribution >= 4 is 45.9 Å². The van der Waals surface area contributed by atoms with E-state index in [1.54, 1.807) is 0 Å². The average Bonchev–Trinajstić information content (AvgIpc) is 4.07. The summed E-state index contributed by atoms with van der Waals surface area (Å²) in [5.41, 5.74) is 18.5. The summed E-state index contributed by atoms with van der Waals surface area (Å²) in [7, 11) is 0. The lowest BCUT2D eigenvalue weighted by Crippen LogP contribution is -1.98. The molecule has 0 amide bonds. The molecule has 10 rings (SSSR count). The second-order valence-electron chi connectivity index (χ2n) is 13.9. The maximum absolute atomic E-state index is 5.59. The molecule has 3 aromatic heterocycles. The first-order valence-corrected chi connectivity index (χ1v) is 18.7. The number of hydrogen-bond donors (Lipinski definition) is 1. The van der Waals surface area contributed by atoms with Crippen molar-refractivity contribution in [3.8, 4) is 50.2 Å². The highest BCUT2D eigenvalue weighted by Crippen LogP contribution is 2.41. The van der Waals surface area contributed by atoms with Crippen LogP contribution in [0.4, 0.5) is 0 Å². The quantitative estimate of drug-likeness (QED) is 0.194. The van der Waals surface area contributed by atoms with E-state index < -0.39 is 0 Å². The van der Waals surface area contributed by atoms with E-state index in [4.69, 9.17) is 9.97 Å². The molecular weight excluding hydrogens is 669 g/mol. The zero-order chi connectivity index (χ0) is 36.7. The van der Waals surface area contributed by atoms with E-state index in [-0.39, 0.29) is 0 Å². The summed E-state index contributed by atoms with van der Waals surface area (Å²) >= 11 is 0. The highest BCUT2D eigenvalue weighted by Gasteiger charge is 2.22.